The summed E-state index contributed by atoms with van der Waals surface area (Å²) in [5.74, 6) is -1.60. The minimum Gasteiger partial charge on any atom is -0.478 e. The number of hydrogen-bond acceptors (Lipinski definition) is 2. The number of rotatable bonds is 5. The average molecular weight is 239 g/mol. The van der Waals surface area contributed by atoms with Crippen molar-refractivity contribution in [3.8, 4) is 0 Å². The van der Waals surface area contributed by atoms with Gasteiger partial charge in [0, 0.05) is 13.1 Å². The number of carboxylic acid groups (broad SMARTS) is 1. The van der Waals surface area contributed by atoms with Crippen molar-refractivity contribution in [2.75, 3.05) is 11.9 Å². The predicted molar refractivity (Wildman–Crippen MR) is 66.1 cm³/mol. The fourth-order valence-electron chi connectivity index (χ4n) is 1.96. The van der Waals surface area contributed by atoms with Crippen LogP contribution in [-0.2, 0) is 0 Å². The molecule has 0 unspecified atom stereocenters. The van der Waals surface area contributed by atoms with Gasteiger partial charge in [0.25, 0.3) is 0 Å². The molecule has 0 radical (unpaired) electrons. The van der Waals surface area contributed by atoms with Gasteiger partial charge in [-0.15, -0.1) is 0 Å². The molecule has 0 atom stereocenters. The van der Waals surface area contributed by atoms with E-state index in [0.29, 0.717) is 5.69 Å². The van der Waals surface area contributed by atoms with Crippen LogP contribution >= 0.6 is 0 Å². The van der Waals surface area contributed by atoms with Gasteiger partial charge in [-0.3, -0.25) is 0 Å². The fraction of sp³-hybridized carbons (Fsp3) is 0.462. The van der Waals surface area contributed by atoms with E-state index in [9.17, 15) is 9.18 Å². The lowest BCUT2D eigenvalue weighted by Crippen LogP contribution is -2.31. The van der Waals surface area contributed by atoms with E-state index in [1.807, 2.05) is 25.8 Å². The number of carboxylic acids is 1. The summed E-state index contributed by atoms with van der Waals surface area (Å²) in [5, 5.41) is 8.76. The van der Waals surface area contributed by atoms with Gasteiger partial charge in [-0.1, -0.05) is 13.8 Å². The summed E-state index contributed by atoms with van der Waals surface area (Å²) in [6.07, 6.45) is 1.85. The summed E-state index contributed by atoms with van der Waals surface area (Å²) in [4.78, 5) is 12.6. The topological polar surface area (TPSA) is 40.5 Å². The Balaban J connectivity index is 3.03. The zero-order chi connectivity index (χ0) is 13.0. The molecule has 0 amide bonds. The van der Waals surface area contributed by atoms with Crippen molar-refractivity contribution in [3.05, 3.63) is 29.6 Å². The van der Waals surface area contributed by atoms with Crippen LogP contribution in [0.3, 0.4) is 0 Å². The number of nitrogens with zero attached hydrogens (tertiary/aromatic N) is 1. The molecule has 0 aromatic heterocycles. The predicted octanol–water partition coefficient (Wildman–Crippen LogP) is 3.15. The normalized spacial score (nSPS) is 10.6. The molecule has 1 rings (SSSR count). The standard InChI is InChI=1S/C13H18FNO2/c1-4-10(5-2)15(3)12-7-6-9(13(16)17)8-11(12)14/h6-8,10H,4-5H2,1-3H3,(H,16,17). The SMILES string of the molecule is CCC(CC)N(C)c1ccc(C(=O)O)cc1F. The summed E-state index contributed by atoms with van der Waals surface area (Å²) in [7, 11) is 1.83. The lowest BCUT2D eigenvalue weighted by molar-refractivity contribution is 0.0696. The monoisotopic (exact) mass is 239 g/mol. The van der Waals surface area contributed by atoms with E-state index in [1.54, 1.807) is 0 Å². The molecule has 0 bridgehead atoms. The van der Waals surface area contributed by atoms with Crippen molar-refractivity contribution in [1.29, 1.82) is 0 Å². The Bertz CT molecular complexity index is 402. The molecular weight excluding hydrogens is 221 g/mol. The van der Waals surface area contributed by atoms with Gasteiger partial charge in [-0.25, -0.2) is 9.18 Å². The maximum atomic E-state index is 13.8. The summed E-state index contributed by atoms with van der Waals surface area (Å²) >= 11 is 0. The third-order valence-corrected chi connectivity index (χ3v) is 3.06. The lowest BCUT2D eigenvalue weighted by Gasteiger charge is -2.28. The van der Waals surface area contributed by atoms with E-state index in [-0.39, 0.29) is 11.6 Å². The van der Waals surface area contributed by atoms with Crippen molar-refractivity contribution in [2.45, 2.75) is 32.7 Å². The van der Waals surface area contributed by atoms with Gasteiger partial charge in [0.1, 0.15) is 5.82 Å². The second kappa shape index (κ2) is 5.66. The van der Waals surface area contributed by atoms with E-state index >= 15 is 0 Å². The van der Waals surface area contributed by atoms with Gasteiger partial charge >= 0.3 is 5.97 Å². The van der Waals surface area contributed by atoms with Gasteiger partial charge in [0.05, 0.1) is 11.3 Å². The minimum atomic E-state index is -1.11. The highest BCUT2D eigenvalue weighted by molar-refractivity contribution is 5.88. The number of halogens is 1. The van der Waals surface area contributed by atoms with Gasteiger partial charge in [0.15, 0.2) is 0 Å². The molecule has 0 heterocycles. The molecule has 94 valence electrons. The van der Waals surface area contributed by atoms with Crippen LogP contribution in [-0.4, -0.2) is 24.2 Å². The first-order valence-corrected chi connectivity index (χ1v) is 5.76. The van der Waals surface area contributed by atoms with Crippen molar-refractivity contribution in [3.63, 3.8) is 0 Å². The summed E-state index contributed by atoms with van der Waals surface area (Å²) in [5.41, 5.74) is 0.424. The first-order valence-electron chi connectivity index (χ1n) is 5.76. The molecule has 1 aromatic rings. The van der Waals surface area contributed by atoms with Crippen molar-refractivity contribution in [2.24, 2.45) is 0 Å². The molecule has 3 nitrogen and oxygen atoms in total. The largest absolute Gasteiger partial charge is 0.478 e. The average Bonchev–Trinajstić information content (AvgIpc) is 2.30. The van der Waals surface area contributed by atoms with Crippen LogP contribution < -0.4 is 4.90 Å². The molecule has 1 aromatic carbocycles. The molecule has 0 saturated carbocycles. The molecule has 0 aliphatic rings. The van der Waals surface area contributed by atoms with Gasteiger partial charge in [-0.05, 0) is 31.0 Å². The Kier molecular flexibility index (Phi) is 4.49. The van der Waals surface area contributed by atoms with E-state index in [1.165, 1.54) is 12.1 Å². The Morgan fingerprint density at radius 1 is 1.41 bits per heavy atom. The Morgan fingerprint density at radius 3 is 2.41 bits per heavy atom. The van der Waals surface area contributed by atoms with Crippen LogP contribution in [0.5, 0.6) is 0 Å². The van der Waals surface area contributed by atoms with Gasteiger partial charge in [-0.2, -0.15) is 0 Å². The van der Waals surface area contributed by atoms with Gasteiger partial charge < -0.3 is 10.0 Å². The van der Waals surface area contributed by atoms with Crippen LogP contribution in [0.4, 0.5) is 10.1 Å². The summed E-state index contributed by atoms with van der Waals surface area (Å²) < 4.78 is 13.8. The zero-order valence-electron chi connectivity index (χ0n) is 10.4. The number of benzene rings is 1. The Labute approximate surface area is 101 Å². The molecule has 0 saturated heterocycles. The van der Waals surface area contributed by atoms with E-state index < -0.39 is 11.8 Å². The third-order valence-electron chi connectivity index (χ3n) is 3.06. The highest BCUT2D eigenvalue weighted by atomic mass is 19.1. The number of hydrogen-bond donors (Lipinski definition) is 1. The molecule has 0 spiro atoms. The van der Waals surface area contributed by atoms with E-state index in [0.717, 1.165) is 18.9 Å². The maximum absolute atomic E-state index is 13.8. The molecule has 0 aliphatic carbocycles. The highest BCUT2D eigenvalue weighted by Gasteiger charge is 2.16. The quantitative estimate of drug-likeness (QED) is 0.858. The number of aromatic carboxylic acids is 1. The van der Waals surface area contributed by atoms with Crippen LogP contribution in [0.15, 0.2) is 18.2 Å². The van der Waals surface area contributed by atoms with Crippen LogP contribution in [0.2, 0.25) is 0 Å². The Morgan fingerprint density at radius 2 is 2.00 bits per heavy atom. The van der Waals surface area contributed by atoms with Gasteiger partial charge in [0.2, 0.25) is 0 Å². The highest BCUT2D eigenvalue weighted by Crippen LogP contribution is 2.23. The fourth-order valence-corrected chi connectivity index (χ4v) is 1.96. The van der Waals surface area contributed by atoms with E-state index in [4.69, 9.17) is 5.11 Å². The maximum Gasteiger partial charge on any atom is 0.335 e. The van der Waals surface area contributed by atoms with Crippen LogP contribution in [0, 0.1) is 5.82 Å². The van der Waals surface area contributed by atoms with Crippen molar-refractivity contribution < 1.29 is 14.3 Å². The molecule has 0 fully saturated rings. The second-order valence-electron chi connectivity index (χ2n) is 4.05. The Hall–Kier alpha value is -1.58. The minimum absolute atomic E-state index is 0.0239. The van der Waals surface area contributed by atoms with Crippen molar-refractivity contribution >= 4 is 11.7 Å². The zero-order valence-corrected chi connectivity index (χ0v) is 10.4. The first-order chi connectivity index (χ1) is 8.01. The molecule has 0 aliphatic heterocycles. The number of carbonyl (C=O) groups is 1. The molecule has 17 heavy (non-hydrogen) atoms. The van der Waals surface area contributed by atoms with Crippen LogP contribution in [0.25, 0.3) is 0 Å². The summed E-state index contributed by atoms with van der Waals surface area (Å²) in [6.45, 7) is 4.10. The molecular formula is C13H18FNO2. The lowest BCUT2D eigenvalue weighted by atomic mass is 10.1. The van der Waals surface area contributed by atoms with Crippen molar-refractivity contribution in [1.82, 2.24) is 0 Å². The molecule has 4 heteroatoms. The first kappa shape index (κ1) is 13.5. The van der Waals surface area contributed by atoms with Crippen LogP contribution in [0.1, 0.15) is 37.0 Å². The molecule has 1 N–H and O–H groups in total. The third kappa shape index (κ3) is 2.96. The van der Waals surface area contributed by atoms with E-state index in [2.05, 4.69) is 0 Å². The second-order valence-corrected chi connectivity index (χ2v) is 4.05. The summed E-state index contributed by atoms with van der Waals surface area (Å²) in [6, 6.07) is 4.29. The number of anilines is 1. The smallest absolute Gasteiger partial charge is 0.335 e.